The summed E-state index contributed by atoms with van der Waals surface area (Å²) in [4.78, 5) is 26.6. The Morgan fingerprint density at radius 2 is 2.04 bits per heavy atom. The lowest BCUT2D eigenvalue weighted by molar-refractivity contribution is -0.141. The van der Waals surface area contributed by atoms with E-state index in [1.165, 1.54) is 0 Å². The molecule has 3 atom stereocenters. The normalized spacial score (nSPS) is 26.1. The molecule has 2 fully saturated rings. The minimum absolute atomic E-state index is 0.0702. The lowest BCUT2D eigenvalue weighted by atomic mass is 9.84. The Balaban J connectivity index is 1.84. The Morgan fingerprint density at radius 1 is 1.32 bits per heavy atom. The van der Waals surface area contributed by atoms with Gasteiger partial charge >= 0.3 is 5.97 Å². The summed E-state index contributed by atoms with van der Waals surface area (Å²) in [6.07, 6.45) is 7.37. The first-order valence-electron chi connectivity index (χ1n) is 9.48. The van der Waals surface area contributed by atoms with E-state index < -0.39 is 12.0 Å². The topological polar surface area (TPSA) is 75.4 Å². The number of fused-ring (bicyclic) bond motifs is 1. The molecule has 1 aromatic rings. The van der Waals surface area contributed by atoms with Crippen LogP contribution in [0.15, 0.2) is 6.20 Å². The van der Waals surface area contributed by atoms with Crippen molar-refractivity contribution in [1.82, 2.24) is 14.7 Å². The fourth-order valence-corrected chi connectivity index (χ4v) is 4.37. The first-order chi connectivity index (χ1) is 11.9. The molecule has 1 amide bonds. The molecule has 6 nitrogen and oxygen atoms in total. The SMILES string of the molecule is Cc1c(C(=O)N2C(C(=O)O)CC3CCCCC32)cnn1CCC(C)C. The number of carboxylic acids is 1. The van der Waals surface area contributed by atoms with E-state index >= 15 is 0 Å². The Labute approximate surface area is 149 Å². The number of carboxylic acid groups (broad SMARTS) is 1. The second-order valence-electron chi connectivity index (χ2n) is 7.96. The number of hydrogen-bond donors (Lipinski definition) is 1. The van der Waals surface area contributed by atoms with Crippen molar-refractivity contribution in [3.05, 3.63) is 17.5 Å². The Kier molecular flexibility index (Phi) is 5.16. The zero-order valence-electron chi connectivity index (χ0n) is 15.4. The highest BCUT2D eigenvalue weighted by Crippen LogP contribution is 2.40. The second kappa shape index (κ2) is 7.18. The minimum atomic E-state index is -0.882. The molecule has 1 aliphatic carbocycles. The van der Waals surface area contributed by atoms with E-state index in [9.17, 15) is 14.7 Å². The van der Waals surface area contributed by atoms with E-state index in [0.29, 0.717) is 23.8 Å². The summed E-state index contributed by atoms with van der Waals surface area (Å²) >= 11 is 0. The summed E-state index contributed by atoms with van der Waals surface area (Å²) in [6.45, 7) is 7.02. The maximum atomic E-state index is 13.2. The van der Waals surface area contributed by atoms with Gasteiger partial charge in [0.15, 0.2) is 0 Å². The van der Waals surface area contributed by atoms with Crippen LogP contribution in [-0.4, -0.2) is 43.7 Å². The fraction of sp³-hybridized carbons (Fsp3) is 0.737. The lowest BCUT2D eigenvalue weighted by Crippen LogP contribution is -2.46. The van der Waals surface area contributed by atoms with E-state index in [0.717, 1.165) is 44.3 Å². The van der Waals surface area contributed by atoms with Gasteiger partial charge in [-0.25, -0.2) is 4.79 Å². The van der Waals surface area contributed by atoms with Crippen LogP contribution in [0.1, 0.15) is 68.4 Å². The van der Waals surface area contributed by atoms with Crippen LogP contribution < -0.4 is 0 Å². The quantitative estimate of drug-likeness (QED) is 0.888. The average molecular weight is 347 g/mol. The summed E-state index contributed by atoms with van der Waals surface area (Å²) < 4.78 is 1.87. The second-order valence-corrected chi connectivity index (χ2v) is 7.96. The molecule has 138 valence electrons. The molecule has 1 aromatic heterocycles. The van der Waals surface area contributed by atoms with E-state index in [4.69, 9.17) is 0 Å². The molecular weight excluding hydrogens is 318 g/mol. The monoisotopic (exact) mass is 347 g/mol. The predicted molar refractivity (Wildman–Crippen MR) is 94.4 cm³/mol. The number of nitrogens with zero attached hydrogens (tertiary/aromatic N) is 3. The number of likely N-dealkylation sites (tertiary alicyclic amines) is 1. The van der Waals surface area contributed by atoms with Gasteiger partial charge in [-0.15, -0.1) is 0 Å². The third-order valence-electron chi connectivity index (χ3n) is 5.86. The van der Waals surface area contributed by atoms with Crippen LogP contribution in [0, 0.1) is 18.8 Å². The molecule has 6 heteroatoms. The standard InChI is InChI=1S/C19H29N3O3/c1-12(2)8-9-21-13(3)15(11-20-21)18(23)22-16-7-5-4-6-14(16)10-17(22)19(24)25/h11-12,14,16-17H,4-10H2,1-3H3,(H,24,25). The van der Waals surface area contributed by atoms with Crippen LogP contribution in [0.5, 0.6) is 0 Å². The van der Waals surface area contributed by atoms with Gasteiger partial charge in [-0.3, -0.25) is 9.48 Å². The summed E-state index contributed by atoms with van der Waals surface area (Å²) in [5.74, 6) is -0.140. The van der Waals surface area contributed by atoms with Crippen molar-refractivity contribution in [2.75, 3.05) is 0 Å². The number of rotatable bonds is 5. The number of carbonyl (C=O) groups is 2. The van der Waals surface area contributed by atoms with Gasteiger partial charge in [0.05, 0.1) is 11.8 Å². The number of hydrogen-bond acceptors (Lipinski definition) is 3. The maximum absolute atomic E-state index is 13.2. The first kappa shape index (κ1) is 18.0. The highest BCUT2D eigenvalue weighted by atomic mass is 16.4. The van der Waals surface area contributed by atoms with Crippen LogP contribution in [0.4, 0.5) is 0 Å². The number of carbonyl (C=O) groups excluding carboxylic acids is 1. The van der Waals surface area contributed by atoms with Gasteiger partial charge in [-0.1, -0.05) is 26.7 Å². The van der Waals surface area contributed by atoms with Gasteiger partial charge in [-0.05, 0) is 44.4 Å². The zero-order chi connectivity index (χ0) is 18.1. The molecule has 0 spiro atoms. The molecule has 1 saturated heterocycles. The largest absolute Gasteiger partial charge is 0.480 e. The molecule has 3 unspecified atom stereocenters. The van der Waals surface area contributed by atoms with E-state index in [-0.39, 0.29) is 11.9 Å². The van der Waals surface area contributed by atoms with Gasteiger partial charge in [0, 0.05) is 18.3 Å². The Bertz CT molecular complexity index is 652. The molecule has 2 heterocycles. The Morgan fingerprint density at radius 3 is 2.72 bits per heavy atom. The number of aryl methyl sites for hydroxylation is 1. The fourth-order valence-electron chi connectivity index (χ4n) is 4.37. The van der Waals surface area contributed by atoms with Crippen molar-refractivity contribution < 1.29 is 14.7 Å². The van der Waals surface area contributed by atoms with Crippen LogP contribution in [0.3, 0.4) is 0 Å². The van der Waals surface area contributed by atoms with Crippen molar-refractivity contribution in [3.8, 4) is 0 Å². The summed E-state index contributed by atoms with van der Waals surface area (Å²) in [7, 11) is 0. The summed E-state index contributed by atoms with van der Waals surface area (Å²) in [5.41, 5.74) is 1.40. The smallest absolute Gasteiger partial charge is 0.326 e. The first-order valence-corrected chi connectivity index (χ1v) is 9.48. The molecular formula is C19H29N3O3. The number of amides is 1. The summed E-state index contributed by atoms with van der Waals surface area (Å²) in [5, 5.41) is 14.0. The van der Waals surface area contributed by atoms with E-state index in [1.54, 1.807) is 11.1 Å². The molecule has 0 bridgehead atoms. The van der Waals surface area contributed by atoms with Crippen LogP contribution in [0.25, 0.3) is 0 Å². The van der Waals surface area contributed by atoms with Gasteiger partial charge in [0.2, 0.25) is 0 Å². The van der Waals surface area contributed by atoms with Crippen molar-refractivity contribution in [2.45, 2.75) is 77.9 Å². The molecule has 3 rings (SSSR count). The lowest BCUT2D eigenvalue weighted by Gasteiger charge is -2.33. The van der Waals surface area contributed by atoms with Gasteiger partial charge in [0.25, 0.3) is 5.91 Å². The maximum Gasteiger partial charge on any atom is 0.326 e. The molecule has 2 aliphatic rings. The van der Waals surface area contributed by atoms with Crippen LogP contribution >= 0.6 is 0 Å². The van der Waals surface area contributed by atoms with Crippen LogP contribution in [-0.2, 0) is 11.3 Å². The van der Waals surface area contributed by atoms with Crippen molar-refractivity contribution in [3.63, 3.8) is 0 Å². The molecule has 0 radical (unpaired) electrons. The number of aromatic nitrogens is 2. The highest BCUT2D eigenvalue weighted by Gasteiger charge is 2.48. The summed E-state index contributed by atoms with van der Waals surface area (Å²) in [6, 6.07) is -0.625. The molecule has 0 aromatic carbocycles. The molecule has 1 N–H and O–H groups in total. The Hall–Kier alpha value is -1.85. The van der Waals surface area contributed by atoms with Gasteiger partial charge in [-0.2, -0.15) is 5.10 Å². The highest BCUT2D eigenvalue weighted by molar-refractivity contribution is 5.98. The van der Waals surface area contributed by atoms with Crippen LogP contribution in [0.2, 0.25) is 0 Å². The van der Waals surface area contributed by atoms with Crippen molar-refractivity contribution in [2.24, 2.45) is 11.8 Å². The third-order valence-corrected chi connectivity index (χ3v) is 5.86. The van der Waals surface area contributed by atoms with Crippen molar-refractivity contribution >= 4 is 11.9 Å². The zero-order valence-corrected chi connectivity index (χ0v) is 15.4. The van der Waals surface area contributed by atoms with E-state index in [2.05, 4.69) is 18.9 Å². The van der Waals surface area contributed by atoms with Gasteiger partial charge in [0.1, 0.15) is 6.04 Å². The molecule has 1 aliphatic heterocycles. The van der Waals surface area contributed by atoms with E-state index in [1.807, 2.05) is 11.6 Å². The predicted octanol–water partition coefficient (Wildman–Crippen LogP) is 3.10. The minimum Gasteiger partial charge on any atom is -0.480 e. The molecule has 25 heavy (non-hydrogen) atoms. The van der Waals surface area contributed by atoms with Crippen molar-refractivity contribution in [1.29, 1.82) is 0 Å². The third kappa shape index (κ3) is 3.44. The average Bonchev–Trinajstić information content (AvgIpc) is 3.13. The molecule has 1 saturated carbocycles. The number of aliphatic carboxylic acids is 1. The van der Waals surface area contributed by atoms with Gasteiger partial charge < -0.3 is 10.0 Å².